The minimum Gasteiger partial charge on any atom is -0.481 e. The number of hydrogen-bond donors (Lipinski definition) is 2. The second-order valence-electron chi connectivity index (χ2n) is 6.24. The summed E-state index contributed by atoms with van der Waals surface area (Å²) in [6.07, 6.45) is -4.09. The minimum atomic E-state index is -2.78. The third kappa shape index (κ3) is 6.22. The minimum absolute atomic E-state index is 0.217. The fourth-order valence-corrected chi connectivity index (χ4v) is 2.01. The largest absolute Gasteiger partial charge is 0.481 e. The number of carboxylic acids is 1. The maximum Gasteiger partial charge on any atom is 0.412 e. The summed E-state index contributed by atoms with van der Waals surface area (Å²) in [6.45, 7) is 6.81. The Morgan fingerprint density at radius 3 is 2.35 bits per heavy atom. The van der Waals surface area contributed by atoms with Crippen LogP contribution in [0.4, 0.5) is 19.3 Å². The maximum atomic E-state index is 13.0. The van der Waals surface area contributed by atoms with E-state index in [2.05, 4.69) is 5.32 Å². The number of amides is 1. The van der Waals surface area contributed by atoms with E-state index in [9.17, 15) is 18.4 Å². The second kappa shape index (κ2) is 7.39. The molecule has 1 aromatic carbocycles. The van der Waals surface area contributed by atoms with Crippen molar-refractivity contribution in [2.75, 3.05) is 5.32 Å². The zero-order valence-corrected chi connectivity index (χ0v) is 13.5. The Labute approximate surface area is 133 Å². The van der Waals surface area contributed by atoms with Crippen LogP contribution in [0.15, 0.2) is 18.2 Å². The number of benzene rings is 1. The summed E-state index contributed by atoms with van der Waals surface area (Å²) in [7, 11) is 0. The Morgan fingerprint density at radius 1 is 1.30 bits per heavy atom. The molecule has 1 atom stereocenters. The van der Waals surface area contributed by atoms with Gasteiger partial charge in [-0.1, -0.05) is 12.1 Å². The molecule has 1 amide bonds. The van der Waals surface area contributed by atoms with Gasteiger partial charge in [0.05, 0.1) is 12.3 Å². The number of rotatable bonds is 5. The summed E-state index contributed by atoms with van der Waals surface area (Å²) in [5.41, 5.74) is 0.533. The molecule has 0 saturated carbocycles. The summed E-state index contributed by atoms with van der Waals surface area (Å²) in [6, 6.07) is 4.30. The molecule has 0 bridgehead atoms. The van der Waals surface area contributed by atoms with E-state index < -0.39 is 36.4 Å². The van der Waals surface area contributed by atoms with Crippen LogP contribution in [0.25, 0.3) is 0 Å². The highest BCUT2D eigenvalue weighted by Gasteiger charge is 2.26. The number of halogens is 2. The molecule has 0 aliphatic carbocycles. The standard InChI is InChI=1S/C16H21F2NO4/c1-9-7-10(11(14(17)18)8-13(20)21)5-6-12(9)19-15(22)23-16(2,3)4/h5-7,11,14H,8H2,1-4H3,(H,19,22)(H,20,21). The van der Waals surface area contributed by atoms with Gasteiger partial charge in [0.15, 0.2) is 0 Å². The lowest BCUT2D eigenvalue weighted by atomic mass is 9.94. The van der Waals surface area contributed by atoms with Gasteiger partial charge in [-0.05, 0) is 44.9 Å². The van der Waals surface area contributed by atoms with Crippen molar-refractivity contribution in [2.45, 2.75) is 52.1 Å². The highest BCUT2D eigenvalue weighted by molar-refractivity contribution is 5.86. The number of hydrogen-bond acceptors (Lipinski definition) is 3. The average Bonchev–Trinajstić information content (AvgIpc) is 2.35. The van der Waals surface area contributed by atoms with Gasteiger partial charge in [-0.3, -0.25) is 10.1 Å². The first-order valence-electron chi connectivity index (χ1n) is 7.10. The molecule has 1 unspecified atom stereocenters. The third-order valence-electron chi connectivity index (χ3n) is 3.01. The molecule has 0 saturated heterocycles. The highest BCUT2D eigenvalue weighted by atomic mass is 19.3. The lowest BCUT2D eigenvalue weighted by molar-refractivity contribution is -0.138. The van der Waals surface area contributed by atoms with Crippen LogP contribution in [0, 0.1) is 6.92 Å². The molecule has 0 aliphatic heterocycles. The number of aliphatic carboxylic acids is 1. The van der Waals surface area contributed by atoms with E-state index in [4.69, 9.17) is 9.84 Å². The number of nitrogens with one attached hydrogen (secondary N) is 1. The van der Waals surface area contributed by atoms with Crippen molar-refractivity contribution in [1.29, 1.82) is 0 Å². The molecule has 0 radical (unpaired) electrons. The average molecular weight is 329 g/mol. The van der Waals surface area contributed by atoms with Crippen molar-refractivity contribution in [3.8, 4) is 0 Å². The molecule has 0 aromatic heterocycles. The van der Waals surface area contributed by atoms with Crippen LogP contribution in [0.3, 0.4) is 0 Å². The highest BCUT2D eigenvalue weighted by Crippen LogP contribution is 2.29. The number of aryl methyl sites for hydroxylation is 1. The van der Waals surface area contributed by atoms with E-state index in [1.54, 1.807) is 27.7 Å². The lowest BCUT2D eigenvalue weighted by Gasteiger charge is -2.21. The van der Waals surface area contributed by atoms with E-state index in [1.165, 1.54) is 18.2 Å². The number of anilines is 1. The Morgan fingerprint density at radius 2 is 1.91 bits per heavy atom. The third-order valence-corrected chi connectivity index (χ3v) is 3.01. The first-order valence-corrected chi connectivity index (χ1v) is 7.10. The molecular formula is C16H21F2NO4. The van der Waals surface area contributed by atoms with Gasteiger partial charge < -0.3 is 9.84 Å². The predicted molar refractivity (Wildman–Crippen MR) is 82.0 cm³/mol. The Kier molecular flexibility index (Phi) is 6.06. The van der Waals surface area contributed by atoms with Crippen molar-refractivity contribution in [1.82, 2.24) is 0 Å². The molecule has 2 N–H and O–H groups in total. The molecular weight excluding hydrogens is 308 g/mol. The van der Waals surface area contributed by atoms with Crippen molar-refractivity contribution in [3.63, 3.8) is 0 Å². The quantitative estimate of drug-likeness (QED) is 0.850. The van der Waals surface area contributed by atoms with Gasteiger partial charge in [-0.2, -0.15) is 0 Å². The molecule has 1 aromatic rings. The van der Waals surface area contributed by atoms with Gasteiger partial charge in [0.2, 0.25) is 6.43 Å². The van der Waals surface area contributed by atoms with Crippen LogP contribution in [0.5, 0.6) is 0 Å². The van der Waals surface area contributed by atoms with Crippen LogP contribution in [0.1, 0.15) is 44.2 Å². The number of alkyl halides is 2. The molecule has 0 fully saturated rings. The van der Waals surface area contributed by atoms with Gasteiger partial charge in [0.25, 0.3) is 0 Å². The number of ether oxygens (including phenoxy) is 1. The van der Waals surface area contributed by atoms with E-state index >= 15 is 0 Å². The van der Waals surface area contributed by atoms with Gasteiger partial charge in [-0.15, -0.1) is 0 Å². The van der Waals surface area contributed by atoms with Crippen molar-refractivity contribution in [3.05, 3.63) is 29.3 Å². The smallest absolute Gasteiger partial charge is 0.412 e. The van der Waals surface area contributed by atoms with E-state index in [-0.39, 0.29) is 5.56 Å². The fraction of sp³-hybridized carbons (Fsp3) is 0.500. The summed E-state index contributed by atoms with van der Waals surface area (Å²) in [5.74, 6) is -2.68. The predicted octanol–water partition coefficient (Wildman–Crippen LogP) is 4.17. The molecule has 7 heteroatoms. The van der Waals surface area contributed by atoms with Crippen LogP contribution in [-0.2, 0) is 9.53 Å². The maximum absolute atomic E-state index is 13.0. The first-order chi connectivity index (χ1) is 10.5. The normalized spacial score (nSPS) is 12.8. The Balaban J connectivity index is 2.92. The van der Waals surface area contributed by atoms with E-state index in [1.807, 2.05) is 0 Å². The number of carbonyl (C=O) groups is 2. The molecule has 0 heterocycles. The lowest BCUT2D eigenvalue weighted by Crippen LogP contribution is -2.27. The molecule has 0 aliphatic rings. The molecule has 1 rings (SSSR count). The summed E-state index contributed by atoms with van der Waals surface area (Å²) >= 11 is 0. The zero-order chi connectivity index (χ0) is 17.8. The first kappa shape index (κ1) is 18.9. The van der Waals surface area contributed by atoms with Crippen LogP contribution in [0.2, 0.25) is 0 Å². The van der Waals surface area contributed by atoms with Gasteiger partial charge in [0, 0.05) is 5.69 Å². The van der Waals surface area contributed by atoms with Crippen molar-refractivity contribution in [2.24, 2.45) is 0 Å². The van der Waals surface area contributed by atoms with Gasteiger partial charge in [0.1, 0.15) is 5.60 Å². The molecule has 5 nitrogen and oxygen atoms in total. The fourth-order valence-electron chi connectivity index (χ4n) is 2.01. The SMILES string of the molecule is Cc1cc(C(CC(=O)O)C(F)F)ccc1NC(=O)OC(C)(C)C. The summed E-state index contributed by atoms with van der Waals surface area (Å²) < 4.78 is 31.2. The molecule has 23 heavy (non-hydrogen) atoms. The second-order valence-corrected chi connectivity index (χ2v) is 6.24. The summed E-state index contributed by atoms with van der Waals surface area (Å²) in [4.78, 5) is 22.4. The van der Waals surface area contributed by atoms with E-state index in [0.29, 0.717) is 11.3 Å². The molecule has 128 valence electrons. The van der Waals surface area contributed by atoms with E-state index in [0.717, 1.165) is 0 Å². The number of carboxylic acid groups (broad SMARTS) is 1. The van der Waals surface area contributed by atoms with Gasteiger partial charge >= 0.3 is 12.1 Å². The van der Waals surface area contributed by atoms with Crippen molar-refractivity contribution < 1.29 is 28.2 Å². The topological polar surface area (TPSA) is 75.6 Å². The van der Waals surface area contributed by atoms with Gasteiger partial charge in [-0.25, -0.2) is 13.6 Å². The number of carbonyl (C=O) groups excluding carboxylic acids is 1. The van der Waals surface area contributed by atoms with Crippen LogP contribution in [-0.4, -0.2) is 29.2 Å². The molecule has 0 spiro atoms. The van der Waals surface area contributed by atoms with Crippen molar-refractivity contribution >= 4 is 17.7 Å². The Hall–Kier alpha value is -2.18. The van der Waals surface area contributed by atoms with Crippen LogP contribution >= 0.6 is 0 Å². The van der Waals surface area contributed by atoms with Crippen LogP contribution < -0.4 is 5.32 Å². The Bertz CT molecular complexity index is 582. The zero-order valence-electron chi connectivity index (χ0n) is 13.5. The summed E-state index contributed by atoms with van der Waals surface area (Å²) in [5, 5.41) is 11.3. The monoisotopic (exact) mass is 329 g/mol.